The molecule has 1 aliphatic heterocycles. The van der Waals surface area contributed by atoms with E-state index in [2.05, 4.69) is 24.6 Å². The zero-order chi connectivity index (χ0) is 11.6. The summed E-state index contributed by atoms with van der Waals surface area (Å²) in [5, 5.41) is 6.26. The zero-order valence-electron chi connectivity index (χ0n) is 10.6. The molecule has 0 aliphatic carbocycles. The van der Waals surface area contributed by atoms with Crippen molar-refractivity contribution in [2.45, 2.75) is 58.8 Å². The van der Waals surface area contributed by atoms with Crippen LogP contribution in [0, 0.1) is 5.92 Å². The highest BCUT2D eigenvalue weighted by molar-refractivity contribution is 8.05. The first-order valence-corrected chi connectivity index (χ1v) is 7.44. The van der Waals surface area contributed by atoms with Crippen LogP contribution in [-0.2, 0) is 0 Å². The minimum absolute atomic E-state index is 0.685. The Hall–Kier alpha value is -0.370. The molecule has 0 bridgehead atoms. The molecule has 1 atom stereocenters. The average Bonchev–Trinajstić information content (AvgIpc) is 2.34. The SMILES string of the molecule is CCCCCCCCC(C)C1=C[N]C=CS1. The van der Waals surface area contributed by atoms with E-state index in [1.165, 1.54) is 49.9 Å². The van der Waals surface area contributed by atoms with E-state index in [-0.39, 0.29) is 0 Å². The van der Waals surface area contributed by atoms with Crippen LogP contribution >= 0.6 is 11.8 Å². The molecule has 0 amide bonds. The molecule has 0 aromatic heterocycles. The van der Waals surface area contributed by atoms with E-state index in [1.807, 2.05) is 24.2 Å². The van der Waals surface area contributed by atoms with Gasteiger partial charge in [-0.3, -0.25) is 5.32 Å². The van der Waals surface area contributed by atoms with E-state index in [9.17, 15) is 0 Å². The highest BCUT2D eigenvalue weighted by Crippen LogP contribution is 2.30. The van der Waals surface area contributed by atoms with Crippen LogP contribution in [0.4, 0.5) is 0 Å². The molecule has 91 valence electrons. The quantitative estimate of drug-likeness (QED) is 0.540. The van der Waals surface area contributed by atoms with Gasteiger partial charge in [-0.25, -0.2) is 0 Å². The number of hydrogen-bond acceptors (Lipinski definition) is 1. The minimum atomic E-state index is 0.685. The number of hydrogen-bond donors (Lipinski definition) is 0. The second-order valence-corrected chi connectivity index (χ2v) is 5.52. The predicted octanol–water partition coefficient (Wildman–Crippen LogP) is 5.04. The van der Waals surface area contributed by atoms with Gasteiger partial charge < -0.3 is 0 Å². The molecule has 1 heterocycles. The number of rotatable bonds is 8. The highest BCUT2D eigenvalue weighted by atomic mass is 32.2. The van der Waals surface area contributed by atoms with Crippen LogP contribution in [0.1, 0.15) is 58.8 Å². The fourth-order valence-corrected chi connectivity index (χ4v) is 2.67. The summed E-state index contributed by atoms with van der Waals surface area (Å²) in [6.07, 6.45) is 13.5. The van der Waals surface area contributed by atoms with E-state index in [1.54, 1.807) is 0 Å². The molecule has 0 fully saturated rings. The van der Waals surface area contributed by atoms with E-state index >= 15 is 0 Å². The van der Waals surface area contributed by atoms with Crippen molar-refractivity contribution in [2.75, 3.05) is 0 Å². The molecule has 1 aliphatic rings. The van der Waals surface area contributed by atoms with Gasteiger partial charge in [0.25, 0.3) is 0 Å². The van der Waals surface area contributed by atoms with Crippen molar-refractivity contribution in [3.05, 3.63) is 22.7 Å². The van der Waals surface area contributed by atoms with Crippen molar-refractivity contribution >= 4 is 11.8 Å². The number of allylic oxidation sites excluding steroid dienone is 1. The monoisotopic (exact) mass is 238 g/mol. The lowest BCUT2D eigenvalue weighted by atomic mass is 10.0. The third kappa shape index (κ3) is 5.64. The smallest absolute Gasteiger partial charge is 0.0369 e. The molecule has 1 radical (unpaired) electrons. The van der Waals surface area contributed by atoms with Gasteiger partial charge in [0.2, 0.25) is 0 Å². The second-order valence-electron chi connectivity index (χ2n) is 4.54. The Kier molecular flexibility index (Phi) is 7.48. The lowest BCUT2D eigenvalue weighted by molar-refractivity contribution is 0.538. The Morgan fingerprint density at radius 1 is 1.19 bits per heavy atom. The number of unbranched alkanes of at least 4 members (excludes halogenated alkanes) is 5. The van der Waals surface area contributed by atoms with E-state index < -0.39 is 0 Å². The van der Waals surface area contributed by atoms with Crippen LogP contribution in [0.5, 0.6) is 0 Å². The van der Waals surface area contributed by atoms with Crippen LogP contribution in [-0.4, -0.2) is 0 Å². The van der Waals surface area contributed by atoms with Crippen molar-refractivity contribution in [1.29, 1.82) is 0 Å². The molecular weight excluding hydrogens is 214 g/mol. The minimum Gasteiger partial charge on any atom is -0.263 e. The van der Waals surface area contributed by atoms with Gasteiger partial charge in [0, 0.05) is 17.3 Å². The average molecular weight is 238 g/mol. The normalized spacial score (nSPS) is 16.8. The summed E-state index contributed by atoms with van der Waals surface area (Å²) in [7, 11) is 0. The maximum absolute atomic E-state index is 4.18. The van der Waals surface area contributed by atoms with Gasteiger partial charge in [0.15, 0.2) is 0 Å². The molecule has 2 heteroatoms. The summed E-state index contributed by atoms with van der Waals surface area (Å²) in [4.78, 5) is 1.43. The largest absolute Gasteiger partial charge is 0.263 e. The van der Waals surface area contributed by atoms with Gasteiger partial charge in [0.1, 0.15) is 0 Å². The van der Waals surface area contributed by atoms with Crippen molar-refractivity contribution in [2.24, 2.45) is 5.92 Å². The number of nitrogens with zero attached hydrogens (tertiary/aromatic N) is 1. The van der Waals surface area contributed by atoms with Gasteiger partial charge in [0.05, 0.1) is 0 Å². The maximum atomic E-state index is 4.18. The van der Waals surface area contributed by atoms with Gasteiger partial charge in [-0.2, -0.15) is 0 Å². The van der Waals surface area contributed by atoms with E-state index in [4.69, 9.17) is 0 Å². The van der Waals surface area contributed by atoms with Crippen molar-refractivity contribution in [1.82, 2.24) is 5.32 Å². The topological polar surface area (TPSA) is 14.1 Å². The molecule has 0 aromatic rings. The van der Waals surface area contributed by atoms with Gasteiger partial charge >= 0.3 is 0 Å². The summed E-state index contributed by atoms with van der Waals surface area (Å²) in [6.45, 7) is 4.59. The standard InChI is InChI=1S/C14H24NS/c1-3-4-5-6-7-8-9-13(2)14-12-15-10-11-16-14/h10-13H,3-9H2,1-2H3. The molecule has 0 spiro atoms. The third-order valence-corrected chi connectivity index (χ3v) is 4.07. The summed E-state index contributed by atoms with van der Waals surface area (Å²) < 4.78 is 0. The zero-order valence-corrected chi connectivity index (χ0v) is 11.4. The van der Waals surface area contributed by atoms with Crippen molar-refractivity contribution in [3.63, 3.8) is 0 Å². The Balaban J connectivity index is 2.01. The molecular formula is C14H24NS. The Bertz CT molecular complexity index is 233. The fourth-order valence-electron chi connectivity index (χ4n) is 1.91. The highest BCUT2D eigenvalue weighted by Gasteiger charge is 2.10. The summed E-state index contributed by atoms with van der Waals surface area (Å²) in [5.74, 6) is 0.685. The molecule has 0 N–H and O–H groups in total. The molecule has 1 unspecified atom stereocenters. The van der Waals surface area contributed by atoms with Crippen LogP contribution < -0.4 is 5.32 Å². The maximum Gasteiger partial charge on any atom is 0.0369 e. The molecule has 16 heavy (non-hydrogen) atoms. The Morgan fingerprint density at radius 2 is 1.94 bits per heavy atom. The first-order valence-electron chi connectivity index (χ1n) is 6.56. The first-order chi connectivity index (χ1) is 7.84. The Morgan fingerprint density at radius 3 is 2.62 bits per heavy atom. The summed E-state index contributed by atoms with van der Waals surface area (Å²) in [6, 6.07) is 0. The predicted molar refractivity (Wildman–Crippen MR) is 74.1 cm³/mol. The lowest BCUT2D eigenvalue weighted by Crippen LogP contribution is -2.01. The third-order valence-electron chi connectivity index (χ3n) is 3.03. The summed E-state index contributed by atoms with van der Waals surface area (Å²) >= 11 is 1.83. The van der Waals surface area contributed by atoms with Crippen LogP contribution in [0.25, 0.3) is 0 Å². The van der Waals surface area contributed by atoms with E-state index in [0.717, 1.165) is 0 Å². The first kappa shape index (κ1) is 13.7. The summed E-state index contributed by atoms with van der Waals surface area (Å²) in [5.41, 5.74) is 0. The van der Waals surface area contributed by atoms with Crippen LogP contribution in [0.3, 0.4) is 0 Å². The van der Waals surface area contributed by atoms with Gasteiger partial charge in [-0.05, 0) is 17.7 Å². The second kappa shape index (κ2) is 8.74. The molecule has 1 rings (SSSR count). The van der Waals surface area contributed by atoms with Crippen molar-refractivity contribution < 1.29 is 0 Å². The molecule has 0 saturated heterocycles. The fraction of sp³-hybridized carbons (Fsp3) is 0.714. The lowest BCUT2D eigenvalue weighted by Gasteiger charge is -2.15. The molecule has 0 aromatic carbocycles. The van der Waals surface area contributed by atoms with Gasteiger partial charge in [-0.15, -0.1) is 0 Å². The molecule has 1 nitrogen and oxygen atoms in total. The van der Waals surface area contributed by atoms with Crippen LogP contribution in [0.15, 0.2) is 22.7 Å². The number of thioether (sulfide) groups is 1. The van der Waals surface area contributed by atoms with Crippen LogP contribution in [0.2, 0.25) is 0 Å². The molecule has 0 saturated carbocycles. The van der Waals surface area contributed by atoms with E-state index in [0.29, 0.717) is 5.92 Å². The van der Waals surface area contributed by atoms with Crippen molar-refractivity contribution in [3.8, 4) is 0 Å². The Labute approximate surface area is 105 Å². The van der Waals surface area contributed by atoms with Gasteiger partial charge in [-0.1, -0.05) is 64.1 Å².